The standard InChI is InChI=1S/C20H17Cl2N3O5S2/c1-9(11-8-31-18(17(11)28)10-2-3-12(21)13(22)6-10)24-25-20(30)15-5-4-14(32-15)19(29)23-7-16(26)27/h2-3,5-6,8,14,28H,4,7H2,1H3,(H,23,29)(H,25,30)(H,26,27)/b24-9+. The first-order chi connectivity index (χ1) is 15.2. The summed E-state index contributed by atoms with van der Waals surface area (Å²) in [6.07, 6.45) is 1.90. The number of nitrogens with one attached hydrogen (secondary N) is 2. The molecule has 2 heterocycles. The number of hydrogen-bond donors (Lipinski definition) is 4. The Hall–Kier alpha value is -2.53. The number of carboxylic acid groups (broad SMARTS) is 1. The molecule has 1 aliphatic rings. The lowest BCUT2D eigenvalue weighted by atomic mass is 10.1. The van der Waals surface area contributed by atoms with Gasteiger partial charge in [-0.05, 0) is 31.0 Å². The molecule has 12 heteroatoms. The monoisotopic (exact) mass is 513 g/mol. The highest BCUT2D eigenvalue weighted by atomic mass is 35.5. The van der Waals surface area contributed by atoms with E-state index in [1.807, 2.05) is 0 Å². The van der Waals surface area contributed by atoms with Crippen LogP contribution in [0.4, 0.5) is 0 Å². The quantitative estimate of drug-likeness (QED) is 0.328. The van der Waals surface area contributed by atoms with Crippen LogP contribution in [0.25, 0.3) is 10.4 Å². The number of thiophene rings is 1. The van der Waals surface area contributed by atoms with Crippen LogP contribution in [0.1, 0.15) is 18.9 Å². The van der Waals surface area contributed by atoms with Gasteiger partial charge in [-0.3, -0.25) is 14.4 Å². The molecule has 1 aliphatic heterocycles. The summed E-state index contributed by atoms with van der Waals surface area (Å²) in [7, 11) is 0. The van der Waals surface area contributed by atoms with Gasteiger partial charge in [0.05, 0.1) is 36.4 Å². The predicted molar refractivity (Wildman–Crippen MR) is 127 cm³/mol. The third-order valence-corrected chi connectivity index (χ3v) is 7.43. The van der Waals surface area contributed by atoms with Gasteiger partial charge >= 0.3 is 5.97 Å². The van der Waals surface area contributed by atoms with Gasteiger partial charge in [0.25, 0.3) is 5.91 Å². The van der Waals surface area contributed by atoms with Crippen molar-refractivity contribution in [2.75, 3.05) is 6.54 Å². The van der Waals surface area contributed by atoms with E-state index in [1.165, 1.54) is 11.3 Å². The van der Waals surface area contributed by atoms with Gasteiger partial charge in [0, 0.05) is 5.38 Å². The summed E-state index contributed by atoms with van der Waals surface area (Å²) in [4.78, 5) is 35.8. The lowest BCUT2D eigenvalue weighted by Crippen LogP contribution is -2.35. The maximum absolute atomic E-state index is 12.4. The number of amides is 2. The minimum Gasteiger partial charge on any atom is -0.506 e. The highest BCUT2D eigenvalue weighted by Crippen LogP contribution is 2.40. The van der Waals surface area contributed by atoms with E-state index in [1.54, 1.807) is 36.6 Å². The number of nitrogens with zero attached hydrogens (tertiary/aromatic N) is 1. The number of halogens is 2. The number of rotatable bonds is 7. The van der Waals surface area contributed by atoms with Crippen molar-refractivity contribution in [3.05, 3.63) is 50.2 Å². The first-order valence-corrected chi connectivity index (χ1v) is 11.7. The van der Waals surface area contributed by atoms with Gasteiger partial charge in [-0.25, -0.2) is 5.43 Å². The van der Waals surface area contributed by atoms with Gasteiger partial charge in [-0.1, -0.05) is 35.3 Å². The number of hydrogen-bond acceptors (Lipinski definition) is 7. The number of carbonyl (C=O) groups is 3. The molecule has 0 aliphatic carbocycles. The van der Waals surface area contributed by atoms with Gasteiger partial charge in [-0.15, -0.1) is 23.1 Å². The summed E-state index contributed by atoms with van der Waals surface area (Å²) < 4.78 is 0. The lowest BCUT2D eigenvalue weighted by molar-refractivity contribution is -0.137. The van der Waals surface area contributed by atoms with E-state index in [4.69, 9.17) is 28.3 Å². The molecule has 0 saturated heterocycles. The first-order valence-electron chi connectivity index (χ1n) is 9.14. The summed E-state index contributed by atoms with van der Waals surface area (Å²) in [5.74, 6) is -2.08. The van der Waals surface area contributed by atoms with E-state index in [-0.39, 0.29) is 5.75 Å². The predicted octanol–water partition coefficient (Wildman–Crippen LogP) is 3.86. The Bertz CT molecular complexity index is 1150. The molecule has 3 rings (SSSR count). The normalized spacial score (nSPS) is 15.9. The molecular formula is C20H17Cl2N3O5S2. The van der Waals surface area contributed by atoms with Gasteiger partial charge in [0.2, 0.25) is 5.91 Å². The molecule has 0 radical (unpaired) electrons. The maximum atomic E-state index is 12.4. The minimum atomic E-state index is -1.14. The zero-order valence-corrected chi connectivity index (χ0v) is 19.7. The number of thioether (sulfide) groups is 1. The molecule has 0 spiro atoms. The van der Waals surface area contributed by atoms with Crippen LogP contribution in [0.5, 0.6) is 5.75 Å². The molecule has 32 heavy (non-hydrogen) atoms. The minimum absolute atomic E-state index is 0.00788. The number of aliphatic carboxylic acids is 1. The molecular weight excluding hydrogens is 497 g/mol. The number of carbonyl (C=O) groups excluding carboxylic acids is 2. The van der Waals surface area contributed by atoms with Crippen LogP contribution < -0.4 is 10.7 Å². The third kappa shape index (κ3) is 5.63. The van der Waals surface area contributed by atoms with E-state index < -0.39 is 29.6 Å². The van der Waals surface area contributed by atoms with Crippen LogP contribution >= 0.6 is 46.3 Å². The second kappa shape index (κ2) is 10.4. The zero-order chi connectivity index (χ0) is 23.4. The topological polar surface area (TPSA) is 128 Å². The molecule has 0 fully saturated rings. The van der Waals surface area contributed by atoms with Crippen molar-refractivity contribution in [1.29, 1.82) is 0 Å². The largest absolute Gasteiger partial charge is 0.506 e. The molecule has 2 aromatic rings. The van der Waals surface area contributed by atoms with Gasteiger partial charge in [0.15, 0.2) is 0 Å². The fourth-order valence-electron chi connectivity index (χ4n) is 2.75. The van der Waals surface area contributed by atoms with Crippen LogP contribution in [0.3, 0.4) is 0 Å². The Morgan fingerprint density at radius 2 is 2.00 bits per heavy atom. The first kappa shape index (κ1) is 24.1. The molecule has 1 aromatic heterocycles. The van der Waals surface area contributed by atoms with Crippen molar-refractivity contribution < 1.29 is 24.6 Å². The fourth-order valence-corrected chi connectivity index (χ4v) is 5.08. The molecule has 1 atom stereocenters. The number of hydrazone groups is 1. The van der Waals surface area contributed by atoms with Crippen LogP contribution in [-0.4, -0.2) is 45.5 Å². The SMILES string of the molecule is C/C(=N\NC(=O)C1=CCC(C(=O)NCC(=O)O)S1)c1csc(-c2ccc(Cl)c(Cl)c2)c1O. The molecule has 0 saturated carbocycles. The Balaban J connectivity index is 1.63. The van der Waals surface area contributed by atoms with E-state index in [2.05, 4.69) is 15.8 Å². The van der Waals surface area contributed by atoms with Crippen molar-refractivity contribution in [2.45, 2.75) is 18.6 Å². The number of aromatic hydroxyl groups is 1. The summed E-state index contributed by atoms with van der Waals surface area (Å²) in [5.41, 5.74) is 3.95. The van der Waals surface area contributed by atoms with E-state index in [0.29, 0.717) is 43.1 Å². The summed E-state index contributed by atoms with van der Waals surface area (Å²) >= 11 is 14.3. The van der Waals surface area contributed by atoms with Crippen molar-refractivity contribution in [1.82, 2.24) is 10.7 Å². The van der Waals surface area contributed by atoms with E-state index in [9.17, 15) is 19.5 Å². The smallest absolute Gasteiger partial charge is 0.322 e. The third-order valence-electron chi connectivity index (χ3n) is 4.38. The average Bonchev–Trinajstić information content (AvgIpc) is 3.39. The number of benzene rings is 1. The highest BCUT2D eigenvalue weighted by molar-refractivity contribution is 8.05. The van der Waals surface area contributed by atoms with Gasteiger partial charge < -0.3 is 15.5 Å². The van der Waals surface area contributed by atoms with Crippen molar-refractivity contribution >= 4 is 69.8 Å². The van der Waals surface area contributed by atoms with Crippen molar-refractivity contribution in [2.24, 2.45) is 5.10 Å². The summed E-state index contributed by atoms with van der Waals surface area (Å²) in [5, 5.41) is 27.5. The fraction of sp³-hybridized carbons (Fsp3) is 0.200. The molecule has 0 bridgehead atoms. The second-order valence-electron chi connectivity index (χ2n) is 6.62. The van der Waals surface area contributed by atoms with Gasteiger partial charge in [0.1, 0.15) is 12.3 Å². The van der Waals surface area contributed by atoms with E-state index in [0.717, 1.165) is 11.8 Å². The van der Waals surface area contributed by atoms with Crippen molar-refractivity contribution in [3.63, 3.8) is 0 Å². The van der Waals surface area contributed by atoms with Crippen LogP contribution in [0, 0.1) is 0 Å². The highest BCUT2D eigenvalue weighted by Gasteiger charge is 2.28. The Morgan fingerprint density at radius 1 is 1.25 bits per heavy atom. The van der Waals surface area contributed by atoms with Crippen LogP contribution in [0.15, 0.2) is 39.7 Å². The number of carboxylic acids is 1. The maximum Gasteiger partial charge on any atom is 0.322 e. The van der Waals surface area contributed by atoms with Crippen molar-refractivity contribution in [3.8, 4) is 16.2 Å². The van der Waals surface area contributed by atoms with Crippen LogP contribution in [0.2, 0.25) is 10.0 Å². The Morgan fingerprint density at radius 3 is 2.69 bits per heavy atom. The lowest BCUT2D eigenvalue weighted by Gasteiger charge is -2.09. The number of allylic oxidation sites excluding steroid dienone is 1. The zero-order valence-electron chi connectivity index (χ0n) is 16.5. The molecule has 8 nitrogen and oxygen atoms in total. The molecule has 168 valence electrons. The van der Waals surface area contributed by atoms with Gasteiger partial charge in [-0.2, -0.15) is 5.10 Å². The van der Waals surface area contributed by atoms with E-state index >= 15 is 0 Å². The second-order valence-corrected chi connectivity index (χ2v) is 9.55. The Labute approximate surface area is 201 Å². The Kier molecular flexibility index (Phi) is 7.83. The summed E-state index contributed by atoms with van der Waals surface area (Å²) in [6.45, 7) is 1.16. The molecule has 4 N–H and O–H groups in total. The summed E-state index contributed by atoms with van der Waals surface area (Å²) in [6, 6.07) is 5.03. The molecule has 1 unspecified atom stereocenters. The average molecular weight is 514 g/mol. The molecule has 1 aromatic carbocycles. The molecule has 2 amide bonds. The van der Waals surface area contributed by atoms with Crippen LogP contribution in [-0.2, 0) is 14.4 Å².